The van der Waals surface area contributed by atoms with Crippen LogP contribution in [0.25, 0.3) is 0 Å². The summed E-state index contributed by atoms with van der Waals surface area (Å²) in [6.07, 6.45) is 0. The molecule has 0 saturated heterocycles. The average molecular weight is 415 g/mol. The molecule has 0 spiro atoms. The van der Waals surface area contributed by atoms with Crippen molar-refractivity contribution >= 4 is 11.9 Å². The van der Waals surface area contributed by atoms with Crippen LogP contribution in [0, 0.1) is 0 Å². The molecule has 0 saturated carbocycles. The number of carbonyl (C=O) groups is 1. The van der Waals surface area contributed by atoms with Gasteiger partial charge < -0.3 is 16.0 Å². The number of nitrogens with one attached hydrogen (secondary N) is 3. The predicted octanol–water partition coefficient (Wildman–Crippen LogP) is 3.93. The highest BCUT2D eigenvalue weighted by atomic mass is 16.1. The standard InChI is InChI=1S/C26H30N4O/c1-3-28-25(31)23-16-14-20(15-17-23)18-29-26(27-2)30-19-24(21-10-6-4-7-11-21)22-12-8-5-9-13-22/h4-17,24H,3,18-19H2,1-2H3,(H,28,31)(H2,27,29,30). The third-order valence-electron chi connectivity index (χ3n) is 5.11. The number of nitrogens with zero attached hydrogens (tertiary/aromatic N) is 1. The van der Waals surface area contributed by atoms with E-state index in [4.69, 9.17) is 0 Å². The van der Waals surface area contributed by atoms with Crippen molar-refractivity contribution in [1.82, 2.24) is 16.0 Å². The van der Waals surface area contributed by atoms with Crippen LogP contribution in [0.2, 0.25) is 0 Å². The first-order valence-electron chi connectivity index (χ1n) is 10.6. The lowest BCUT2D eigenvalue weighted by atomic mass is 9.91. The van der Waals surface area contributed by atoms with Gasteiger partial charge >= 0.3 is 0 Å². The van der Waals surface area contributed by atoms with Crippen LogP contribution in [-0.4, -0.2) is 32.0 Å². The molecule has 1 amide bonds. The summed E-state index contributed by atoms with van der Waals surface area (Å²) in [6.45, 7) is 3.88. The monoisotopic (exact) mass is 414 g/mol. The minimum absolute atomic E-state index is 0.0487. The second-order valence-electron chi connectivity index (χ2n) is 7.24. The molecule has 5 nitrogen and oxygen atoms in total. The zero-order chi connectivity index (χ0) is 21.9. The first kappa shape index (κ1) is 22.1. The molecule has 5 heteroatoms. The largest absolute Gasteiger partial charge is 0.355 e. The van der Waals surface area contributed by atoms with Gasteiger partial charge in [0.15, 0.2) is 5.96 Å². The van der Waals surface area contributed by atoms with Gasteiger partial charge in [-0.3, -0.25) is 9.79 Å². The number of aliphatic imine (C=N–C) groups is 1. The Kier molecular flexibility index (Phi) is 8.23. The molecule has 3 rings (SSSR count). The van der Waals surface area contributed by atoms with Crippen LogP contribution in [0.3, 0.4) is 0 Å². The Labute approximate surface area is 184 Å². The normalized spacial score (nSPS) is 11.3. The van der Waals surface area contributed by atoms with E-state index in [9.17, 15) is 4.79 Å². The maximum absolute atomic E-state index is 11.9. The van der Waals surface area contributed by atoms with Gasteiger partial charge in [0.2, 0.25) is 0 Å². The number of hydrogen-bond acceptors (Lipinski definition) is 2. The summed E-state index contributed by atoms with van der Waals surface area (Å²) in [4.78, 5) is 16.3. The number of carbonyl (C=O) groups excluding carboxylic acids is 1. The maximum atomic E-state index is 11.9. The summed E-state index contributed by atoms with van der Waals surface area (Å²) in [7, 11) is 1.77. The second-order valence-corrected chi connectivity index (χ2v) is 7.24. The van der Waals surface area contributed by atoms with Gasteiger partial charge in [-0.2, -0.15) is 0 Å². The minimum Gasteiger partial charge on any atom is -0.355 e. The highest BCUT2D eigenvalue weighted by Crippen LogP contribution is 2.23. The van der Waals surface area contributed by atoms with E-state index >= 15 is 0 Å². The summed E-state index contributed by atoms with van der Waals surface area (Å²) < 4.78 is 0. The summed E-state index contributed by atoms with van der Waals surface area (Å²) >= 11 is 0. The van der Waals surface area contributed by atoms with Crippen molar-refractivity contribution < 1.29 is 4.79 Å². The van der Waals surface area contributed by atoms with Gasteiger partial charge in [0.25, 0.3) is 5.91 Å². The molecule has 160 valence electrons. The first-order chi connectivity index (χ1) is 15.2. The van der Waals surface area contributed by atoms with Crippen molar-refractivity contribution in [1.29, 1.82) is 0 Å². The molecule has 3 aromatic rings. The van der Waals surface area contributed by atoms with E-state index in [0.29, 0.717) is 18.7 Å². The number of rotatable bonds is 8. The fraction of sp³-hybridized carbons (Fsp3) is 0.231. The van der Waals surface area contributed by atoms with Crippen molar-refractivity contribution in [3.63, 3.8) is 0 Å². The molecule has 31 heavy (non-hydrogen) atoms. The molecule has 0 fully saturated rings. The smallest absolute Gasteiger partial charge is 0.251 e. The maximum Gasteiger partial charge on any atom is 0.251 e. The van der Waals surface area contributed by atoms with Gasteiger partial charge in [0.05, 0.1) is 0 Å². The van der Waals surface area contributed by atoms with Gasteiger partial charge in [-0.1, -0.05) is 72.8 Å². The second kappa shape index (κ2) is 11.6. The molecule has 0 bridgehead atoms. The third kappa shape index (κ3) is 6.44. The molecule has 3 N–H and O–H groups in total. The molecule has 0 unspecified atom stereocenters. The Morgan fingerprint density at radius 1 is 0.806 bits per heavy atom. The predicted molar refractivity (Wildman–Crippen MR) is 127 cm³/mol. The molecule has 0 aliphatic heterocycles. The number of benzene rings is 3. The van der Waals surface area contributed by atoms with Gasteiger partial charge in [-0.25, -0.2) is 0 Å². The summed E-state index contributed by atoms with van der Waals surface area (Å²) in [5, 5.41) is 9.63. The molecular formula is C26H30N4O. The molecule has 3 aromatic carbocycles. The zero-order valence-corrected chi connectivity index (χ0v) is 18.1. The number of amides is 1. The van der Waals surface area contributed by atoms with Gasteiger partial charge in [-0.15, -0.1) is 0 Å². The fourth-order valence-electron chi connectivity index (χ4n) is 3.44. The summed E-state index contributed by atoms with van der Waals surface area (Å²) in [6, 6.07) is 28.6. The van der Waals surface area contributed by atoms with E-state index in [2.05, 4.69) is 69.5 Å². The quantitative estimate of drug-likeness (QED) is 0.386. The molecule has 0 radical (unpaired) electrons. The first-order valence-corrected chi connectivity index (χ1v) is 10.6. The lowest BCUT2D eigenvalue weighted by molar-refractivity contribution is 0.0956. The molecule has 0 heterocycles. The highest BCUT2D eigenvalue weighted by Gasteiger charge is 2.14. The van der Waals surface area contributed by atoms with E-state index in [0.717, 1.165) is 18.1 Å². The Hall–Kier alpha value is -3.60. The van der Waals surface area contributed by atoms with E-state index in [-0.39, 0.29) is 11.8 Å². The molecule has 0 atom stereocenters. The number of guanidine groups is 1. The zero-order valence-electron chi connectivity index (χ0n) is 18.1. The van der Waals surface area contributed by atoms with Crippen LogP contribution in [-0.2, 0) is 6.54 Å². The van der Waals surface area contributed by atoms with Gasteiger partial charge in [-0.05, 0) is 35.7 Å². The van der Waals surface area contributed by atoms with Crippen molar-refractivity contribution in [2.75, 3.05) is 20.1 Å². The Balaban J connectivity index is 1.60. The van der Waals surface area contributed by atoms with E-state index < -0.39 is 0 Å². The van der Waals surface area contributed by atoms with Crippen LogP contribution < -0.4 is 16.0 Å². The van der Waals surface area contributed by atoms with Crippen LogP contribution in [0.4, 0.5) is 0 Å². The van der Waals surface area contributed by atoms with E-state index in [1.54, 1.807) is 7.05 Å². The van der Waals surface area contributed by atoms with Crippen molar-refractivity contribution in [2.24, 2.45) is 4.99 Å². The molecule has 0 aromatic heterocycles. The SMILES string of the molecule is CCNC(=O)c1ccc(CNC(=NC)NCC(c2ccccc2)c2ccccc2)cc1. The lowest BCUT2D eigenvalue weighted by Gasteiger charge is -2.20. The minimum atomic E-state index is -0.0487. The van der Waals surface area contributed by atoms with Crippen molar-refractivity contribution in [3.05, 3.63) is 107 Å². The van der Waals surface area contributed by atoms with Crippen molar-refractivity contribution in [3.8, 4) is 0 Å². The molecule has 0 aliphatic rings. The van der Waals surface area contributed by atoms with Crippen LogP contribution in [0.15, 0.2) is 89.9 Å². The van der Waals surface area contributed by atoms with Gasteiger partial charge in [0.1, 0.15) is 0 Å². The van der Waals surface area contributed by atoms with E-state index in [1.807, 2.05) is 43.3 Å². The van der Waals surface area contributed by atoms with Crippen LogP contribution >= 0.6 is 0 Å². The Morgan fingerprint density at radius 3 is 1.90 bits per heavy atom. The molecule has 0 aliphatic carbocycles. The Bertz CT molecular complexity index is 930. The summed E-state index contributed by atoms with van der Waals surface area (Å²) in [5.74, 6) is 0.911. The third-order valence-corrected chi connectivity index (χ3v) is 5.11. The van der Waals surface area contributed by atoms with E-state index in [1.165, 1.54) is 11.1 Å². The number of hydrogen-bond donors (Lipinski definition) is 3. The summed E-state index contributed by atoms with van der Waals surface area (Å²) in [5.41, 5.74) is 4.27. The average Bonchev–Trinajstić information content (AvgIpc) is 2.83. The Morgan fingerprint density at radius 2 is 1.39 bits per heavy atom. The van der Waals surface area contributed by atoms with Crippen LogP contribution in [0.5, 0.6) is 0 Å². The van der Waals surface area contributed by atoms with Gasteiger partial charge in [0, 0.05) is 38.2 Å². The fourth-order valence-corrected chi connectivity index (χ4v) is 3.44. The topological polar surface area (TPSA) is 65.5 Å². The molecular weight excluding hydrogens is 384 g/mol. The van der Waals surface area contributed by atoms with Crippen molar-refractivity contribution in [2.45, 2.75) is 19.4 Å². The highest BCUT2D eigenvalue weighted by molar-refractivity contribution is 5.94. The van der Waals surface area contributed by atoms with Crippen LogP contribution in [0.1, 0.15) is 39.9 Å². The lowest BCUT2D eigenvalue weighted by Crippen LogP contribution is -2.39.